The van der Waals surface area contributed by atoms with E-state index in [1.807, 2.05) is 17.2 Å². The van der Waals surface area contributed by atoms with Crippen molar-refractivity contribution in [3.8, 4) is 0 Å². The van der Waals surface area contributed by atoms with Crippen molar-refractivity contribution >= 4 is 28.4 Å². The molecule has 1 aliphatic heterocycles. The van der Waals surface area contributed by atoms with E-state index in [9.17, 15) is 4.79 Å². The van der Waals surface area contributed by atoms with Crippen molar-refractivity contribution in [1.82, 2.24) is 9.88 Å². The van der Waals surface area contributed by atoms with Crippen molar-refractivity contribution in [3.05, 3.63) is 36.0 Å². The number of hydrogen-bond donors (Lipinski definition) is 1. The second-order valence-corrected chi connectivity index (χ2v) is 5.21. The van der Waals surface area contributed by atoms with E-state index >= 15 is 0 Å². The van der Waals surface area contributed by atoms with Gasteiger partial charge in [0, 0.05) is 37.1 Å². The largest absolute Gasteiger partial charge is 0.361 e. The Morgan fingerprint density at radius 1 is 1.39 bits per heavy atom. The summed E-state index contributed by atoms with van der Waals surface area (Å²) in [5.41, 5.74) is 2.28. The summed E-state index contributed by atoms with van der Waals surface area (Å²) < 4.78 is 0. The van der Waals surface area contributed by atoms with Crippen LogP contribution in [0.25, 0.3) is 10.9 Å². The number of alkyl halides is 1. The molecule has 3 rings (SSSR count). The number of benzene rings is 1. The van der Waals surface area contributed by atoms with Gasteiger partial charge >= 0.3 is 0 Å². The molecular formula is C14H15ClN2O. The highest BCUT2D eigenvalue weighted by Crippen LogP contribution is 2.22. The number of aromatic amines is 1. The second-order valence-electron chi connectivity index (χ2n) is 4.90. The van der Waals surface area contributed by atoms with Crippen LogP contribution in [-0.4, -0.2) is 28.2 Å². The maximum atomic E-state index is 11.8. The van der Waals surface area contributed by atoms with Crippen LogP contribution in [0.4, 0.5) is 0 Å². The molecule has 1 atom stereocenters. The highest BCUT2D eigenvalue weighted by atomic mass is 35.5. The molecule has 94 valence electrons. The zero-order chi connectivity index (χ0) is 12.5. The molecule has 1 unspecified atom stereocenters. The molecule has 0 aliphatic carbocycles. The number of aromatic nitrogens is 1. The van der Waals surface area contributed by atoms with Gasteiger partial charge in [0.1, 0.15) is 0 Å². The zero-order valence-corrected chi connectivity index (χ0v) is 10.8. The van der Waals surface area contributed by atoms with Gasteiger partial charge < -0.3 is 9.88 Å². The third-order valence-electron chi connectivity index (χ3n) is 3.51. The van der Waals surface area contributed by atoms with Crippen LogP contribution in [0.2, 0.25) is 0 Å². The van der Waals surface area contributed by atoms with Crippen molar-refractivity contribution in [3.63, 3.8) is 0 Å². The SMILES string of the molecule is O=C1CC(CCl)CN1Cc1ccc2cc[nH]c2c1. The predicted octanol–water partition coefficient (Wildman–Crippen LogP) is 2.76. The molecule has 2 heterocycles. The van der Waals surface area contributed by atoms with Crippen LogP contribution >= 0.6 is 11.6 Å². The number of nitrogens with zero attached hydrogens (tertiary/aromatic N) is 1. The van der Waals surface area contributed by atoms with E-state index in [4.69, 9.17) is 11.6 Å². The molecule has 1 aromatic carbocycles. The molecule has 1 aliphatic rings. The highest BCUT2D eigenvalue weighted by molar-refractivity contribution is 6.18. The number of halogens is 1. The molecule has 0 saturated carbocycles. The molecule has 1 saturated heterocycles. The third kappa shape index (κ3) is 2.10. The van der Waals surface area contributed by atoms with E-state index in [1.54, 1.807) is 0 Å². The lowest BCUT2D eigenvalue weighted by Crippen LogP contribution is -2.24. The topological polar surface area (TPSA) is 36.1 Å². The van der Waals surface area contributed by atoms with Gasteiger partial charge in [-0.3, -0.25) is 4.79 Å². The molecule has 18 heavy (non-hydrogen) atoms. The molecular weight excluding hydrogens is 248 g/mol. The number of rotatable bonds is 3. The fraction of sp³-hybridized carbons (Fsp3) is 0.357. The minimum Gasteiger partial charge on any atom is -0.361 e. The Labute approximate surface area is 111 Å². The smallest absolute Gasteiger partial charge is 0.223 e. The van der Waals surface area contributed by atoms with Crippen LogP contribution in [0, 0.1) is 5.92 Å². The van der Waals surface area contributed by atoms with Crippen LogP contribution in [0.15, 0.2) is 30.5 Å². The van der Waals surface area contributed by atoms with E-state index in [1.165, 1.54) is 5.39 Å². The first-order valence-corrected chi connectivity index (χ1v) is 6.69. The molecule has 0 spiro atoms. The first kappa shape index (κ1) is 11.6. The molecule has 1 fully saturated rings. The van der Waals surface area contributed by atoms with E-state index in [2.05, 4.69) is 23.2 Å². The van der Waals surface area contributed by atoms with Gasteiger partial charge in [-0.1, -0.05) is 12.1 Å². The third-order valence-corrected chi connectivity index (χ3v) is 3.94. The number of fused-ring (bicyclic) bond motifs is 1. The Bertz CT molecular complexity index is 578. The number of amides is 1. The average molecular weight is 263 g/mol. The molecule has 1 amide bonds. The molecule has 1 N–H and O–H groups in total. The summed E-state index contributed by atoms with van der Waals surface area (Å²) >= 11 is 5.82. The van der Waals surface area contributed by atoms with Gasteiger partial charge in [0.05, 0.1) is 0 Å². The lowest BCUT2D eigenvalue weighted by Gasteiger charge is -2.16. The summed E-state index contributed by atoms with van der Waals surface area (Å²) in [6.45, 7) is 1.46. The number of nitrogens with one attached hydrogen (secondary N) is 1. The maximum absolute atomic E-state index is 11.8. The summed E-state index contributed by atoms with van der Waals surface area (Å²) in [7, 11) is 0. The minimum absolute atomic E-state index is 0.215. The monoisotopic (exact) mass is 262 g/mol. The van der Waals surface area contributed by atoms with Crippen molar-refractivity contribution in [2.75, 3.05) is 12.4 Å². The molecule has 1 aromatic heterocycles. The molecule has 0 radical (unpaired) electrons. The van der Waals surface area contributed by atoms with Crippen molar-refractivity contribution < 1.29 is 4.79 Å². The second kappa shape index (κ2) is 4.65. The van der Waals surface area contributed by atoms with Crippen LogP contribution in [0.1, 0.15) is 12.0 Å². The van der Waals surface area contributed by atoms with Crippen LogP contribution < -0.4 is 0 Å². The highest BCUT2D eigenvalue weighted by Gasteiger charge is 2.28. The fourth-order valence-corrected chi connectivity index (χ4v) is 2.73. The van der Waals surface area contributed by atoms with Crippen LogP contribution in [-0.2, 0) is 11.3 Å². The first-order chi connectivity index (χ1) is 8.76. The number of carbonyl (C=O) groups excluding carboxylic acids is 1. The van der Waals surface area contributed by atoms with E-state index < -0.39 is 0 Å². The predicted molar refractivity (Wildman–Crippen MR) is 72.5 cm³/mol. The quantitative estimate of drug-likeness (QED) is 0.849. The minimum atomic E-state index is 0.215. The Balaban J connectivity index is 1.77. The Kier molecular flexibility index (Phi) is 3.00. The summed E-state index contributed by atoms with van der Waals surface area (Å²) in [4.78, 5) is 16.9. The number of H-pyrrole nitrogens is 1. The van der Waals surface area contributed by atoms with Crippen molar-refractivity contribution in [2.24, 2.45) is 5.92 Å². The van der Waals surface area contributed by atoms with Gasteiger partial charge in [-0.25, -0.2) is 0 Å². The van der Waals surface area contributed by atoms with Crippen molar-refractivity contribution in [2.45, 2.75) is 13.0 Å². The Hall–Kier alpha value is -1.48. The van der Waals surface area contributed by atoms with Crippen LogP contribution in [0.5, 0.6) is 0 Å². The molecule has 0 bridgehead atoms. The summed E-state index contributed by atoms with van der Waals surface area (Å²) in [6.07, 6.45) is 2.52. The van der Waals surface area contributed by atoms with Gasteiger partial charge in [-0.15, -0.1) is 11.6 Å². The Morgan fingerprint density at radius 2 is 2.28 bits per heavy atom. The number of carbonyl (C=O) groups is 1. The molecule has 2 aromatic rings. The van der Waals surface area contributed by atoms with Crippen molar-refractivity contribution in [1.29, 1.82) is 0 Å². The number of hydrogen-bond acceptors (Lipinski definition) is 1. The lowest BCUT2D eigenvalue weighted by molar-refractivity contribution is -0.128. The normalized spacial score (nSPS) is 19.9. The van der Waals surface area contributed by atoms with E-state index in [-0.39, 0.29) is 5.91 Å². The van der Waals surface area contributed by atoms with Gasteiger partial charge in [0.15, 0.2) is 0 Å². The average Bonchev–Trinajstić information content (AvgIpc) is 2.96. The standard InChI is InChI=1S/C14H15ClN2O/c15-7-11-6-14(18)17(9-11)8-10-1-2-12-3-4-16-13(12)5-10/h1-5,11,16H,6-9H2. The van der Waals surface area contributed by atoms with Gasteiger partial charge in [-0.05, 0) is 29.0 Å². The number of likely N-dealkylation sites (tertiary alicyclic amines) is 1. The fourth-order valence-electron chi connectivity index (χ4n) is 2.52. The van der Waals surface area contributed by atoms with Gasteiger partial charge in [0.2, 0.25) is 5.91 Å². The van der Waals surface area contributed by atoms with Crippen LogP contribution in [0.3, 0.4) is 0 Å². The van der Waals surface area contributed by atoms with Gasteiger partial charge in [-0.2, -0.15) is 0 Å². The molecule has 3 nitrogen and oxygen atoms in total. The zero-order valence-electron chi connectivity index (χ0n) is 10.0. The summed E-state index contributed by atoms with van der Waals surface area (Å²) in [6, 6.07) is 8.32. The molecule has 4 heteroatoms. The van der Waals surface area contributed by atoms with Gasteiger partial charge in [0.25, 0.3) is 0 Å². The van der Waals surface area contributed by atoms with E-state index in [0.29, 0.717) is 24.8 Å². The summed E-state index contributed by atoms with van der Waals surface area (Å²) in [5.74, 6) is 1.10. The first-order valence-electron chi connectivity index (χ1n) is 6.16. The lowest BCUT2D eigenvalue weighted by atomic mass is 10.1. The maximum Gasteiger partial charge on any atom is 0.223 e. The van der Waals surface area contributed by atoms with E-state index in [0.717, 1.165) is 17.6 Å². The summed E-state index contributed by atoms with van der Waals surface area (Å²) in [5, 5.41) is 1.20. The Morgan fingerprint density at radius 3 is 3.06 bits per heavy atom.